The second-order valence-electron chi connectivity index (χ2n) is 6.02. The van der Waals surface area contributed by atoms with Crippen LogP contribution in [-0.2, 0) is 20.8 Å². The zero-order chi connectivity index (χ0) is 16.8. The van der Waals surface area contributed by atoms with Crippen molar-refractivity contribution in [1.29, 1.82) is 0 Å². The van der Waals surface area contributed by atoms with E-state index < -0.39 is 13.0 Å². The van der Waals surface area contributed by atoms with Gasteiger partial charge in [-0.2, -0.15) is 0 Å². The number of halogens is 1. The van der Waals surface area contributed by atoms with Gasteiger partial charge in [-0.05, 0) is 22.3 Å². The molecule has 0 atom stereocenters. The molecular weight excluding hydrogens is 307 g/mol. The Balaban J connectivity index is 1.63. The van der Waals surface area contributed by atoms with Gasteiger partial charge in [0, 0.05) is 19.4 Å². The van der Waals surface area contributed by atoms with E-state index in [1.807, 2.05) is 0 Å². The molecule has 1 saturated heterocycles. The van der Waals surface area contributed by atoms with Gasteiger partial charge >= 0.3 is 0 Å². The smallest absolute Gasteiger partial charge is 0.160 e. The van der Waals surface area contributed by atoms with Gasteiger partial charge in [-0.1, -0.05) is 48.5 Å². The minimum absolute atomic E-state index is 0.207. The monoisotopic (exact) mass is 330 g/mol. The highest BCUT2D eigenvalue weighted by molar-refractivity contribution is 5.64. The van der Waals surface area contributed by atoms with E-state index in [4.69, 9.17) is 14.2 Å². The molecule has 128 valence electrons. The van der Waals surface area contributed by atoms with E-state index in [1.165, 1.54) is 16.7 Å². The number of benzene rings is 2. The molecule has 0 N–H and O–H groups in total. The number of ether oxygens (including phenoxy) is 3. The molecule has 0 bridgehead atoms. The van der Waals surface area contributed by atoms with Crippen molar-refractivity contribution >= 4 is 0 Å². The highest BCUT2D eigenvalue weighted by Gasteiger charge is 2.23. The third-order valence-electron chi connectivity index (χ3n) is 4.29. The van der Waals surface area contributed by atoms with Crippen LogP contribution in [0.4, 0.5) is 4.39 Å². The molecule has 1 aliphatic rings. The first-order valence-corrected chi connectivity index (χ1v) is 8.27. The second-order valence-corrected chi connectivity index (χ2v) is 6.02. The van der Waals surface area contributed by atoms with E-state index in [9.17, 15) is 4.39 Å². The summed E-state index contributed by atoms with van der Waals surface area (Å²) in [5.41, 5.74) is 4.71. The molecule has 0 aromatic heterocycles. The quantitative estimate of drug-likeness (QED) is 0.789. The third kappa shape index (κ3) is 4.20. The fourth-order valence-corrected chi connectivity index (χ4v) is 2.90. The molecule has 2 aromatic rings. The minimum Gasteiger partial charge on any atom is -0.380 e. The second kappa shape index (κ2) is 8.38. The first-order chi connectivity index (χ1) is 11.8. The van der Waals surface area contributed by atoms with Crippen LogP contribution in [0.5, 0.6) is 0 Å². The zero-order valence-electron chi connectivity index (χ0n) is 13.9. The highest BCUT2D eigenvalue weighted by atomic mass is 19.1. The van der Waals surface area contributed by atoms with E-state index in [0.29, 0.717) is 26.2 Å². The van der Waals surface area contributed by atoms with Crippen LogP contribution >= 0.6 is 0 Å². The molecule has 1 aliphatic heterocycles. The van der Waals surface area contributed by atoms with Crippen LogP contribution in [0.2, 0.25) is 0 Å². The van der Waals surface area contributed by atoms with Crippen LogP contribution in [0.3, 0.4) is 0 Å². The van der Waals surface area contributed by atoms with Crippen LogP contribution in [0.25, 0.3) is 11.1 Å². The van der Waals surface area contributed by atoms with Gasteiger partial charge in [-0.3, -0.25) is 4.39 Å². The van der Waals surface area contributed by atoms with Crippen LogP contribution < -0.4 is 0 Å². The summed E-state index contributed by atoms with van der Waals surface area (Å²) in [6.45, 7) is 1.38. The first-order valence-electron chi connectivity index (χ1n) is 8.27. The first kappa shape index (κ1) is 17.1. The summed E-state index contributed by atoms with van der Waals surface area (Å²) < 4.78 is 28.6. The average Bonchev–Trinajstić information content (AvgIpc) is 2.64. The number of methoxy groups -OCH3 is 1. The summed E-state index contributed by atoms with van der Waals surface area (Å²) in [4.78, 5) is 0. The number of rotatable bonds is 6. The Kier molecular flexibility index (Phi) is 5.96. The maximum Gasteiger partial charge on any atom is 0.160 e. The molecule has 1 fully saturated rings. The van der Waals surface area contributed by atoms with Crippen molar-refractivity contribution in [3.8, 4) is 11.1 Å². The van der Waals surface area contributed by atoms with Crippen molar-refractivity contribution in [2.45, 2.75) is 25.2 Å². The average molecular weight is 330 g/mol. The van der Waals surface area contributed by atoms with Gasteiger partial charge < -0.3 is 14.2 Å². The maximum absolute atomic E-state index is 12.3. The van der Waals surface area contributed by atoms with Gasteiger partial charge in [0.2, 0.25) is 0 Å². The molecule has 0 saturated carbocycles. The van der Waals surface area contributed by atoms with Crippen molar-refractivity contribution < 1.29 is 18.6 Å². The fraction of sp³-hybridized carbons (Fsp3) is 0.400. The molecule has 0 spiro atoms. The van der Waals surface area contributed by atoms with Crippen LogP contribution in [0.1, 0.15) is 23.5 Å². The number of hydrogen-bond donors (Lipinski definition) is 0. The number of alkyl halides is 1. The lowest BCUT2D eigenvalue weighted by Crippen LogP contribution is -2.31. The van der Waals surface area contributed by atoms with Gasteiger partial charge in [0.25, 0.3) is 0 Å². The normalized spacial score (nSPS) is 20.9. The maximum atomic E-state index is 12.3. The lowest BCUT2D eigenvalue weighted by atomic mass is 9.96. The topological polar surface area (TPSA) is 27.7 Å². The lowest BCUT2D eigenvalue weighted by Gasteiger charge is -2.29. The van der Waals surface area contributed by atoms with Gasteiger partial charge in [-0.15, -0.1) is 0 Å². The van der Waals surface area contributed by atoms with Crippen molar-refractivity contribution in [2.75, 3.05) is 27.0 Å². The van der Waals surface area contributed by atoms with E-state index in [1.54, 1.807) is 7.11 Å². The molecule has 0 unspecified atom stereocenters. The standard InChI is InChI=1S/C20H23FO3/c1-22-12-15-2-4-16(5-3-15)17-6-8-18(9-7-17)19-13-23-20(10-11-21)24-14-19/h2-9,19-20H,10-14H2,1H3. The Morgan fingerprint density at radius 2 is 1.54 bits per heavy atom. The van der Waals surface area contributed by atoms with E-state index in [-0.39, 0.29) is 5.92 Å². The molecular formula is C20H23FO3. The summed E-state index contributed by atoms with van der Waals surface area (Å²) in [7, 11) is 1.70. The summed E-state index contributed by atoms with van der Waals surface area (Å²) in [5, 5.41) is 0. The van der Waals surface area contributed by atoms with Gasteiger partial charge in [0.05, 0.1) is 26.5 Å². The molecule has 0 amide bonds. The van der Waals surface area contributed by atoms with Crippen molar-refractivity contribution in [3.05, 3.63) is 59.7 Å². The van der Waals surface area contributed by atoms with Gasteiger partial charge in [0.15, 0.2) is 6.29 Å². The largest absolute Gasteiger partial charge is 0.380 e. The molecule has 0 aliphatic carbocycles. The highest BCUT2D eigenvalue weighted by Crippen LogP contribution is 2.26. The summed E-state index contributed by atoms with van der Waals surface area (Å²) in [6.07, 6.45) is -0.0822. The molecule has 24 heavy (non-hydrogen) atoms. The van der Waals surface area contributed by atoms with Gasteiger partial charge in [0.1, 0.15) is 0 Å². The lowest BCUT2D eigenvalue weighted by molar-refractivity contribution is -0.190. The van der Waals surface area contributed by atoms with E-state index in [2.05, 4.69) is 48.5 Å². The SMILES string of the molecule is COCc1ccc(-c2ccc(C3COC(CCF)OC3)cc2)cc1. The predicted octanol–water partition coefficient (Wildman–Crippen LogP) is 4.32. The van der Waals surface area contributed by atoms with Crippen LogP contribution in [0.15, 0.2) is 48.5 Å². The van der Waals surface area contributed by atoms with Crippen molar-refractivity contribution in [3.63, 3.8) is 0 Å². The fourth-order valence-electron chi connectivity index (χ4n) is 2.90. The Hall–Kier alpha value is -1.75. The molecule has 0 radical (unpaired) electrons. The Labute approximate surface area is 142 Å². The molecule has 3 nitrogen and oxygen atoms in total. The van der Waals surface area contributed by atoms with Gasteiger partial charge in [-0.25, -0.2) is 0 Å². The summed E-state index contributed by atoms with van der Waals surface area (Å²) in [6, 6.07) is 16.9. The summed E-state index contributed by atoms with van der Waals surface area (Å²) >= 11 is 0. The minimum atomic E-state index is -0.410. The van der Waals surface area contributed by atoms with Crippen molar-refractivity contribution in [2.24, 2.45) is 0 Å². The molecule has 3 rings (SSSR count). The van der Waals surface area contributed by atoms with Crippen molar-refractivity contribution in [1.82, 2.24) is 0 Å². The summed E-state index contributed by atoms with van der Waals surface area (Å²) in [5.74, 6) is 0.207. The Morgan fingerprint density at radius 1 is 0.958 bits per heavy atom. The Bertz CT molecular complexity index is 616. The van der Waals surface area contributed by atoms with E-state index in [0.717, 1.165) is 5.56 Å². The number of hydrogen-bond acceptors (Lipinski definition) is 3. The third-order valence-corrected chi connectivity index (χ3v) is 4.29. The zero-order valence-corrected chi connectivity index (χ0v) is 13.9. The molecule has 1 heterocycles. The molecule has 4 heteroatoms. The van der Waals surface area contributed by atoms with E-state index >= 15 is 0 Å². The predicted molar refractivity (Wildman–Crippen MR) is 91.6 cm³/mol. The Morgan fingerprint density at radius 3 is 2.08 bits per heavy atom. The van der Waals surface area contributed by atoms with Crippen LogP contribution in [0, 0.1) is 0 Å². The molecule has 2 aromatic carbocycles. The van der Waals surface area contributed by atoms with Crippen LogP contribution in [-0.4, -0.2) is 33.3 Å².